The van der Waals surface area contributed by atoms with E-state index in [0.717, 1.165) is 4.68 Å². The van der Waals surface area contributed by atoms with Crippen molar-refractivity contribution >= 4 is 26.4 Å². The van der Waals surface area contributed by atoms with Gasteiger partial charge in [-0.3, -0.25) is 20.9 Å². The molecule has 7 nitrogen and oxygen atoms in total. The Morgan fingerprint density at radius 1 is 1.37 bits per heavy atom. The molecule has 1 aromatic carbocycles. The third-order valence-corrected chi connectivity index (χ3v) is 2.71. The molecule has 0 atom stereocenters. The maximum atomic E-state index is 10.7. The summed E-state index contributed by atoms with van der Waals surface area (Å²) in [4.78, 5) is 10.2. The van der Waals surface area contributed by atoms with Gasteiger partial charge in [0, 0.05) is 17.7 Å². The van der Waals surface area contributed by atoms with E-state index in [2.05, 4.69) is 21.0 Å². The number of nitrogens with zero attached hydrogens (tertiary/aromatic N) is 3. The first kappa shape index (κ1) is 13.1. The van der Waals surface area contributed by atoms with Gasteiger partial charge in [-0.1, -0.05) is 12.1 Å². The number of benzene rings is 1. The average Bonchev–Trinajstić information content (AvgIpc) is 2.39. The highest BCUT2D eigenvalue weighted by Gasteiger charge is 2.09. The van der Waals surface area contributed by atoms with Crippen LogP contribution in [0, 0.1) is 20.9 Å². The first-order chi connectivity index (χ1) is 8.99. The number of hydrogen-bond donors (Lipinski definition) is 2. The minimum Gasteiger partial charge on any atom is -0.283 e. The Kier molecular flexibility index (Phi) is 3.52. The van der Waals surface area contributed by atoms with Crippen molar-refractivity contribution < 1.29 is 4.92 Å². The van der Waals surface area contributed by atoms with Gasteiger partial charge in [0.1, 0.15) is 5.49 Å². The quantitative estimate of drug-likeness (QED) is 0.382. The van der Waals surface area contributed by atoms with E-state index >= 15 is 0 Å². The number of nitro groups is 1. The molecule has 0 saturated carbocycles. The Labute approximate surface area is 115 Å². The maximum Gasteiger partial charge on any atom is 0.270 e. The Balaban J connectivity index is 2.56. The number of halogens is 1. The van der Waals surface area contributed by atoms with Crippen LogP contribution in [0.5, 0.6) is 0 Å². The average molecular weight is 322 g/mol. The molecule has 0 saturated heterocycles. The molecule has 0 radical (unpaired) electrons. The highest BCUT2D eigenvalue weighted by atomic mass is 79.9. The van der Waals surface area contributed by atoms with E-state index in [0.29, 0.717) is 11.3 Å². The summed E-state index contributed by atoms with van der Waals surface area (Å²) in [7, 11) is 0. The van der Waals surface area contributed by atoms with Gasteiger partial charge in [0.2, 0.25) is 0 Å². The Morgan fingerprint density at radius 2 is 2.11 bits per heavy atom. The standard InChI is InChI=1S/C11H8BrN5O2/c12-11(14)16-10(13)5-4-9(15-16)7-2-1-3-8(6-7)17(18)19/h1-6,13-14H. The van der Waals surface area contributed by atoms with Crippen molar-refractivity contribution in [2.24, 2.45) is 0 Å². The predicted octanol–water partition coefficient (Wildman–Crippen LogP) is 2.12. The van der Waals surface area contributed by atoms with E-state index < -0.39 is 4.92 Å². The SMILES string of the molecule is N=C(Br)n1nc(-c2cccc([N+](=O)[O-])c2)ccc1=N. The second-order valence-corrected chi connectivity index (χ2v) is 4.37. The molecule has 19 heavy (non-hydrogen) atoms. The molecule has 96 valence electrons. The molecular formula is C11H8BrN5O2. The third-order valence-electron chi connectivity index (χ3n) is 2.37. The van der Waals surface area contributed by atoms with E-state index in [1.165, 1.54) is 18.2 Å². The van der Waals surface area contributed by atoms with Gasteiger partial charge in [-0.15, -0.1) is 0 Å². The number of hydrogen-bond acceptors (Lipinski definition) is 5. The first-order valence-corrected chi connectivity index (χ1v) is 5.92. The largest absolute Gasteiger partial charge is 0.283 e. The number of non-ortho nitro benzene ring substituents is 1. The first-order valence-electron chi connectivity index (χ1n) is 5.13. The summed E-state index contributed by atoms with van der Waals surface area (Å²) < 4.78 is 0.999. The third kappa shape index (κ3) is 2.74. The topological polar surface area (TPSA) is 109 Å². The van der Waals surface area contributed by atoms with Crippen molar-refractivity contribution in [2.45, 2.75) is 0 Å². The maximum absolute atomic E-state index is 10.7. The lowest BCUT2D eigenvalue weighted by Crippen LogP contribution is -2.25. The predicted molar refractivity (Wildman–Crippen MR) is 72.2 cm³/mol. The van der Waals surface area contributed by atoms with Crippen molar-refractivity contribution in [3.63, 3.8) is 0 Å². The van der Waals surface area contributed by atoms with Crippen LogP contribution in [-0.2, 0) is 0 Å². The summed E-state index contributed by atoms with van der Waals surface area (Å²) in [6.45, 7) is 0. The van der Waals surface area contributed by atoms with Gasteiger partial charge in [-0.2, -0.15) is 9.78 Å². The van der Waals surface area contributed by atoms with Crippen molar-refractivity contribution in [1.82, 2.24) is 9.78 Å². The number of aromatic nitrogens is 2. The summed E-state index contributed by atoms with van der Waals surface area (Å²) in [6.07, 6.45) is 0. The van der Waals surface area contributed by atoms with Gasteiger partial charge >= 0.3 is 0 Å². The zero-order valence-electron chi connectivity index (χ0n) is 9.50. The normalized spacial score (nSPS) is 10.2. The molecule has 0 fully saturated rings. The summed E-state index contributed by atoms with van der Waals surface area (Å²) >= 11 is 2.93. The van der Waals surface area contributed by atoms with Crippen LogP contribution in [0.1, 0.15) is 0 Å². The van der Waals surface area contributed by atoms with Crippen LogP contribution in [0.15, 0.2) is 36.4 Å². The van der Waals surface area contributed by atoms with E-state index in [1.54, 1.807) is 18.2 Å². The molecule has 0 unspecified atom stereocenters. The Bertz CT molecular complexity index is 725. The highest BCUT2D eigenvalue weighted by molar-refractivity contribution is 9.18. The molecule has 0 aliphatic carbocycles. The summed E-state index contributed by atoms with van der Waals surface area (Å²) in [5.41, 5.74) is 1.01. The molecule has 2 aromatic rings. The summed E-state index contributed by atoms with van der Waals surface area (Å²) in [5.74, 6) is 0. The van der Waals surface area contributed by atoms with E-state index in [-0.39, 0.29) is 15.9 Å². The van der Waals surface area contributed by atoms with Crippen molar-refractivity contribution in [3.05, 3.63) is 52.0 Å². The number of nitro benzene ring substituents is 1. The Hall–Kier alpha value is -2.35. The highest BCUT2D eigenvalue weighted by Crippen LogP contribution is 2.21. The van der Waals surface area contributed by atoms with E-state index in [9.17, 15) is 10.1 Å². The van der Waals surface area contributed by atoms with Gasteiger partial charge in [-0.05, 0) is 28.1 Å². The number of rotatable bonds is 2. The summed E-state index contributed by atoms with van der Waals surface area (Å²) in [6, 6.07) is 9.08. The van der Waals surface area contributed by atoms with Crippen molar-refractivity contribution in [2.75, 3.05) is 0 Å². The molecule has 0 amide bonds. The van der Waals surface area contributed by atoms with E-state index in [1.807, 2.05) is 0 Å². The molecule has 0 bridgehead atoms. The molecule has 0 aliphatic heterocycles. The van der Waals surface area contributed by atoms with Gasteiger partial charge in [0.05, 0.1) is 10.6 Å². The lowest BCUT2D eigenvalue weighted by molar-refractivity contribution is -0.384. The van der Waals surface area contributed by atoms with Crippen LogP contribution in [0.2, 0.25) is 0 Å². The zero-order valence-corrected chi connectivity index (χ0v) is 11.1. The van der Waals surface area contributed by atoms with Crippen LogP contribution < -0.4 is 5.49 Å². The molecular weight excluding hydrogens is 314 g/mol. The van der Waals surface area contributed by atoms with Gasteiger partial charge in [0.25, 0.3) is 5.69 Å². The van der Waals surface area contributed by atoms with Crippen LogP contribution in [0.25, 0.3) is 11.3 Å². The molecule has 8 heteroatoms. The van der Waals surface area contributed by atoms with Gasteiger partial charge < -0.3 is 0 Å². The van der Waals surface area contributed by atoms with Crippen LogP contribution in [-0.4, -0.2) is 19.4 Å². The van der Waals surface area contributed by atoms with Crippen molar-refractivity contribution in [1.29, 1.82) is 10.8 Å². The van der Waals surface area contributed by atoms with E-state index in [4.69, 9.17) is 10.8 Å². The lowest BCUT2D eigenvalue weighted by Gasteiger charge is -2.05. The molecule has 2 N–H and O–H groups in total. The molecule has 1 heterocycles. The van der Waals surface area contributed by atoms with Crippen molar-refractivity contribution in [3.8, 4) is 11.3 Å². The summed E-state index contributed by atoms with van der Waals surface area (Å²) in [5, 5.41) is 29.8. The second kappa shape index (κ2) is 5.11. The fraction of sp³-hybridized carbons (Fsp3) is 0. The molecule has 0 spiro atoms. The monoisotopic (exact) mass is 321 g/mol. The minimum absolute atomic E-state index is 0.0327. The Morgan fingerprint density at radius 3 is 2.74 bits per heavy atom. The van der Waals surface area contributed by atoms with Gasteiger partial charge in [0.15, 0.2) is 4.74 Å². The smallest absolute Gasteiger partial charge is 0.270 e. The molecule has 1 aromatic heterocycles. The van der Waals surface area contributed by atoms with Gasteiger partial charge in [-0.25, -0.2) is 0 Å². The fourth-order valence-corrected chi connectivity index (χ4v) is 1.78. The minimum atomic E-state index is -0.483. The van der Waals surface area contributed by atoms with Crippen LogP contribution >= 0.6 is 15.9 Å². The molecule has 0 aliphatic rings. The zero-order chi connectivity index (χ0) is 14.0. The second-order valence-electron chi connectivity index (χ2n) is 3.61. The number of nitrogens with one attached hydrogen (secondary N) is 2. The van der Waals surface area contributed by atoms with Crippen LogP contribution in [0.3, 0.4) is 0 Å². The lowest BCUT2D eigenvalue weighted by atomic mass is 10.1. The molecule has 2 rings (SSSR count). The fourth-order valence-electron chi connectivity index (χ4n) is 1.51. The van der Waals surface area contributed by atoms with Crippen LogP contribution in [0.4, 0.5) is 5.69 Å².